The van der Waals surface area contributed by atoms with Crippen molar-refractivity contribution in [2.24, 2.45) is 17.6 Å². The lowest BCUT2D eigenvalue weighted by Crippen LogP contribution is -2.18. The number of rotatable bonds is 7. The molecule has 108 valence electrons. The van der Waals surface area contributed by atoms with Gasteiger partial charge in [0.15, 0.2) is 5.13 Å². The summed E-state index contributed by atoms with van der Waals surface area (Å²) in [5, 5.41) is 3.59. The number of aromatic nitrogens is 1. The Bertz CT molecular complexity index is 395. The van der Waals surface area contributed by atoms with Gasteiger partial charge in [0.2, 0.25) is 5.91 Å². The molecule has 19 heavy (non-hydrogen) atoms. The molecule has 0 fully saturated rings. The summed E-state index contributed by atoms with van der Waals surface area (Å²) in [5.41, 5.74) is 6.60. The Hall–Kier alpha value is -0.940. The van der Waals surface area contributed by atoms with Crippen molar-refractivity contribution < 1.29 is 4.79 Å². The van der Waals surface area contributed by atoms with Crippen molar-refractivity contribution in [2.45, 2.75) is 47.0 Å². The summed E-state index contributed by atoms with van der Waals surface area (Å²) in [6.07, 6.45) is 2.42. The van der Waals surface area contributed by atoms with Crippen LogP contribution in [0.1, 0.15) is 43.7 Å². The summed E-state index contributed by atoms with van der Waals surface area (Å²) in [4.78, 5) is 17.4. The fraction of sp³-hybridized carbons (Fsp3) is 0.714. The van der Waals surface area contributed by atoms with Gasteiger partial charge in [0, 0.05) is 11.3 Å². The highest BCUT2D eigenvalue weighted by Gasteiger charge is 2.15. The van der Waals surface area contributed by atoms with Gasteiger partial charge in [-0.05, 0) is 45.1 Å². The van der Waals surface area contributed by atoms with Crippen LogP contribution in [0.15, 0.2) is 0 Å². The van der Waals surface area contributed by atoms with Crippen molar-refractivity contribution in [3.05, 3.63) is 10.6 Å². The number of nitrogens with two attached hydrogens (primary N) is 1. The van der Waals surface area contributed by atoms with Crippen LogP contribution in [0.3, 0.4) is 0 Å². The molecule has 3 N–H and O–H groups in total. The van der Waals surface area contributed by atoms with Crippen LogP contribution in [0, 0.1) is 25.7 Å². The molecular weight excluding hydrogens is 258 g/mol. The summed E-state index contributed by atoms with van der Waals surface area (Å²) in [6, 6.07) is 0. The lowest BCUT2D eigenvalue weighted by molar-refractivity contribution is -0.116. The van der Waals surface area contributed by atoms with Crippen molar-refractivity contribution in [3.63, 3.8) is 0 Å². The fourth-order valence-corrected chi connectivity index (χ4v) is 2.88. The predicted octanol–water partition coefficient (Wildman–Crippen LogP) is 3.10. The minimum Gasteiger partial charge on any atom is -0.330 e. The second-order valence-electron chi connectivity index (χ2n) is 5.33. The van der Waals surface area contributed by atoms with E-state index in [-0.39, 0.29) is 5.91 Å². The Morgan fingerprint density at radius 3 is 2.53 bits per heavy atom. The number of nitrogens with one attached hydrogen (secondary N) is 1. The van der Waals surface area contributed by atoms with E-state index in [1.54, 1.807) is 0 Å². The first-order valence-electron chi connectivity index (χ1n) is 6.88. The molecule has 0 bridgehead atoms. The van der Waals surface area contributed by atoms with Crippen molar-refractivity contribution in [1.82, 2.24) is 4.98 Å². The van der Waals surface area contributed by atoms with E-state index >= 15 is 0 Å². The normalized spacial score (nSPS) is 12.7. The van der Waals surface area contributed by atoms with Gasteiger partial charge >= 0.3 is 0 Å². The van der Waals surface area contributed by atoms with E-state index in [0.717, 1.165) is 23.4 Å². The van der Waals surface area contributed by atoms with E-state index in [1.165, 1.54) is 11.3 Å². The molecular formula is C14H25N3OS. The Morgan fingerprint density at radius 1 is 1.37 bits per heavy atom. The summed E-state index contributed by atoms with van der Waals surface area (Å²) in [7, 11) is 0. The van der Waals surface area contributed by atoms with Crippen LogP contribution in [-0.4, -0.2) is 17.4 Å². The fourth-order valence-electron chi connectivity index (χ4n) is 2.05. The van der Waals surface area contributed by atoms with E-state index in [9.17, 15) is 4.79 Å². The zero-order valence-electron chi connectivity index (χ0n) is 12.3. The molecule has 4 nitrogen and oxygen atoms in total. The summed E-state index contributed by atoms with van der Waals surface area (Å²) < 4.78 is 0. The van der Waals surface area contributed by atoms with Crippen LogP contribution in [0.4, 0.5) is 5.13 Å². The molecule has 1 rings (SSSR count). The SMILES string of the molecule is Cc1nc(NC(=O)CCC(CCN)C(C)C)sc1C. The monoisotopic (exact) mass is 283 g/mol. The summed E-state index contributed by atoms with van der Waals surface area (Å²) in [6.45, 7) is 9.03. The van der Waals surface area contributed by atoms with Gasteiger partial charge in [-0.3, -0.25) is 4.79 Å². The van der Waals surface area contributed by atoms with Crippen molar-refractivity contribution >= 4 is 22.4 Å². The highest BCUT2D eigenvalue weighted by molar-refractivity contribution is 7.15. The molecule has 1 unspecified atom stereocenters. The summed E-state index contributed by atoms with van der Waals surface area (Å²) in [5.74, 6) is 1.15. The molecule has 0 radical (unpaired) electrons. The summed E-state index contributed by atoms with van der Waals surface area (Å²) >= 11 is 1.53. The van der Waals surface area contributed by atoms with Crippen molar-refractivity contribution in [3.8, 4) is 0 Å². The van der Waals surface area contributed by atoms with E-state index < -0.39 is 0 Å². The molecule has 1 heterocycles. The highest BCUT2D eigenvalue weighted by atomic mass is 32.1. The van der Waals surface area contributed by atoms with Gasteiger partial charge in [-0.25, -0.2) is 4.98 Å². The molecule has 1 amide bonds. The zero-order chi connectivity index (χ0) is 14.4. The third-order valence-corrected chi connectivity index (χ3v) is 4.49. The Kier molecular flexibility index (Phi) is 6.45. The molecule has 1 aromatic rings. The topological polar surface area (TPSA) is 68.0 Å². The van der Waals surface area contributed by atoms with Crippen LogP contribution in [0.2, 0.25) is 0 Å². The number of aryl methyl sites for hydroxylation is 2. The van der Waals surface area contributed by atoms with Gasteiger partial charge in [-0.15, -0.1) is 11.3 Å². The zero-order valence-corrected chi connectivity index (χ0v) is 13.1. The molecule has 1 aromatic heterocycles. The van der Waals surface area contributed by atoms with Crippen LogP contribution in [0.25, 0.3) is 0 Å². The minimum absolute atomic E-state index is 0.0522. The first kappa shape index (κ1) is 16.1. The van der Waals surface area contributed by atoms with Gasteiger partial charge in [0.25, 0.3) is 0 Å². The Labute approximate surface area is 119 Å². The van der Waals surface area contributed by atoms with Gasteiger partial charge < -0.3 is 11.1 Å². The molecule has 0 saturated carbocycles. The quantitative estimate of drug-likeness (QED) is 0.808. The number of anilines is 1. The highest BCUT2D eigenvalue weighted by Crippen LogP contribution is 2.23. The predicted molar refractivity (Wildman–Crippen MR) is 81.5 cm³/mol. The largest absolute Gasteiger partial charge is 0.330 e. The van der Waals surface area contributed by atoms with E-state index in [0.29, 0.717) is 29.9 Å². The number of carbonyl (C=O) groups excluding carboxylic acids is 1. The maximum atomic E-state index is 11.9. The number of hydrogen-bond acceptors (Lipinski definition) is 4. The lowest BCUT2D eigenvalue weighted by atomic mass is 9.88. The second kappa shape index (κ2) is 7.60. The first-order chi connectivity index (χ1) is 8.93. The number of thiazole rings is 1. The third-order valence-electron chi connectivity index (χ3n) is 3.50. The molecule has 0 aliphatic rings. The van der Waals surface area contributed by atoms with Crippen LogP contribution < -0.4 is 11.1 Å². The molecule has 1 atom stereocenters. The number of nitrogens with zero attached hydrogens (tertiary/aromatic N) is 1. The molecule has 0 aromatic carbocycles. The lowest BCUT2D eigenvalue weighted by Gasteiger charge is -2.19. The van der Waals surface area contributed by atoms with Gasteiger partial charge in [-0.2, -0.15) is 0 Å². The van der Waals surface area contributed by atoms with Gasteiger partial charge in [0.05, 0.1) is 5.69 Å². The third kappa shape index (κ3) is 5.28. The molecule has 0 aliphatic carbocycles. The average Bonchev–Trinajstić information content (AvgIpc) is 2.63. The van der Waals surface area contributed by atoms with E-state index in [4.69, 9.17) is 5.73 Å². The smallest absolute Gasteiger partial charge is 0.226 e. The number of hydrogen-bond donors (Lipinski definition) is 2. The molecule has 0 aliphatic heterocycles. The maximum absolute atomic E-state index is 11.9. The van der Waals surface area contributed by atoms with Crippen molar-refractivity contribution in [1.29, 1.82) is 0 Å². The number of carbonyl (C=O) groups is 1. The standard InChI is InChI=1S/C14H25N3OS/c1-9(2)12(7-8-15)5-6-13(18)17-14-16-10(3)11(4)19-14/h9,12H,5-8,15H2,1-4H3,(H,16,17,18). The minimum atomic E-state index is 0.0522. The van der Waals surface area contributed by atoms with Gasteiger partial charge in [-0.1, -0.05) is 13.8 Å². The second-order valence-corrected chi connectivity index (χ2v) is 6.53. The molecule has 0 spiro atoms. The van der Waals surface area contributed by atoms with Crippen LogP contribution in [-0.2, 0) is 4.79 Å². The Morgan fingerprint density at radius 2 is 2.05 bits per heavy atom. The Balaban J connectivity index is 2.42. The first-order valence-corrected chi connectivity index (χ1v) is 7.69. The molecule has 0 saturated heterocycles. The van der Waals surface area contributed by atoms with Crippen LogP contribution >= 0.6 is 11.3 Å². The van der Waals surface area contributed by atoms with Crippen molar-refractivity contribution in [2.75, 3.05) is 11.9 Å². The van der Waals surface area contributed by atoms with E-state index in [1.807, 2.05) is 13.8 Å². The number of amides is 1. The van der Waals surface area contributed by atoms with Gasteiger partial charge in [0.1, 0.15) is 0 Å². The van der Waals surface area contributed by atoms with E-state index in [2.05, 4.69) is 24.1 Å². The average molecular weight is 283 g/mol. The maximum Gasteiger partial charge on any atom is 0.226 e. The van der Waals surface area contributed by atoms with Crippen LogP contribution in [0.5, 0.6) is 0 Å². The molecule has 5 heteroatoms.